The lowest BCUT2D eigenvalue weighted by Crippen LogP contribution is -2.63. The zero-order valence-corrected chi connectivity index (χ0v) is 45.2. The highest BCUT2D eigenvalue weighted by Crippen LogP contribution is 2.41. The second kappa shape index (κ2) is 24.4. The van der Waals surface area contributed by atoms with Crippen molar-refractivity contribution in [1.82, 2.24) is 46.0 Å². The predicted molar refractivity (Wildman–Crippen MR) is 278 cm³/mol. The number of hydrazine groups is 1. The van der Waals surface area contributed by atoms with E-state index in [0.717, 1.165) is 76.3 Å². The molecule has 4 amide bonds. The first-order chi connectivity index (χ1) is 36.8. The number of anilines is 1. The molecule has 7 rings (SSSR count). The van der Waals surface area contributed by atoms with Crippen LogP contribution in [-0.4, -0.2) is 149 Å². The van der Waals surface area contributed by atoms with E-state index in [1.54, 1.807) is 68.2 Å². The average molecular weight is 1090 g/mol. The molecule has 18 nitrogen and oxygen atoms in total. The standard InChI is InChI=1S/C55H69F5N10O8/c1-32-27-69(33(2)26-68(32)39-30-78-31-39)46-19-16-36(25-61-46)15-12-34-10-13-35(14-11-34)22-44(62-49(72)48(64-52(75)77-9)54(6,7)55(58,59)60)45(71)29-67(66-50(73)47(53(3,4)5)63-51(74)76-8)28-40-41(56)23-37(24-42(40)57)43-20-21-70(65-43)38-17-18-38/h10-11,13-14,16,19-21,23-25,32-33,38-39,44-45,47-48,71H,17-18,22,26-31H2,1-9H3,(H,62,72)(H,63,74)(H,64,75)(H,66,73)/t32-,33-,44+,45+,47-,48-/m1/s1. The highest BCUT2D eigenvalue weighted by Gasteiger charge is 2.56. The molecule has 2 aromatic heterocycles. The maximum absolute atomic E-state index is 16.2. The summed E-state index contributed by atoms with van der Waals surface area (Å²) in [6.07, 6.45) is -4.23. The summed E-state index contributed by atoms with van der Waals surface area (Å²) in [5.41, 5.74) is 0.195. The van der Waals surface area contributed by atoms with Crippen LogP contribution in [-0.2, 0) is 36.8 Å². The van der Waals surface area contributed by atoms with E-state index in [1.165, 1.54) is 0 Å². The van der Waals surface area contributed by atoms with Gasteiger partial charge < -0.3 is 40.2 Å². The van der Waals surface area contributed by atoms with E-state index < -0.39 is 95.5 Å². The van der Waals surface area contributed by atoms with Gasteiger partial charge in [0.25, 0.3) is 5.91 Å². The Labute approximate surface area is 450 Å². The highest BCUT2D eigenvalue weighted by atomic mass is 19.4. The number of alkyl halides is 3. The van der Waals surface area contributed by atoms with Crippen molar-refractivity contribution in [1.29, 1.82) is 0 Å². The molecule has 2 saturated heterocycles. The van der Waals surface area contributed by atoms with Crippen molar-refractivity contribution in [2.45, 2.75) is 129 Å². The van der Waals surface area contributed by atoms with Crippen molar-refractivity contribution < 1.29 is 60.4 Å². The van der Waals surface area contributed by atoms with Gasteiger partial charge in [0, 0.05) is 72.9 Å². The molecule has 4 aromatic rings. The fraction of sp³-hybridized carbons (Fsp3) is 0.527. The monoisotopic (exact) mass is 1090 g/mol. The smallest absolute Gasteiger partial charge is 0.407 e. The molecule has 6 atom stereocenters. The van der Waals surface area contributed by atoms with Crippen LogP contribution in [0, 0.1) is 34.3 Å². The Hall–Kier alpha value is -6.87. The second-order valence-corrected chi connectivity index (χ2v) is 21.9. The van der Waals surface area contributed by atoms with Gasteiger partial charge in [0.1, 0.15) is 29.5 Å². The number of nitrogens with zero attached hydrogens (tertiary/aromatic N) is 6. The maximum Gasteiger partial charge on any atom is 0.407 e. The molecule has 1 saturated carbocycles. The molecule has 2 aromatic carbocycles. The number of aromatic nitrogens is 3. The number of amides is 4. The van der Waals surface area contributed by atoms with Crippen LogP contribution in [0.2, 0.25) is 0 Å². The quantitative estimate of drug-likeness (QED) is 0.0425. The van der Waals surface area contributed by atoms with Crippen LogP contribution < -0.4 is 26.3 Å². The van der Waals surface area contributed by atoms with Crippen LogP contribution in [0.5, 0.6) is 0 Å². The Morgan fingerprint density at radius 1 is 0.821 bits per heavy atom. The fourth-order valence-corrected chi connectivity index (χ4v) is 9.31. The van der Waals surface area contributed by atoms with Crippen molar-refractivity contribution in [2.75, 3.05) is 52.0 Å². The molecular weight excluding hydrogens is 1020 g/mol. The number of hydrogen-bond acceptors (Lipinski definition) is 13. The summed E-state index contributed by atoms with van der Waals surface area (Å²) >= 11 is 0. The van der Waals surface area contributed by atoms with Crippen molar-refractivity contribution in [3.05, 3.63) is 101 Å². The van der Waals surface area contributed by atoms with Crippen LogP contribution in [0.3, 0.4) is 0 Å². The minimum absolute atomic E-state index is 0.131. The van der Waals surface area contributed by atoms with Gasteiger partial charge in [0.2, 0.25) is 5.91 Å². The summed E-state index contributed by atoms with van der Waals surface area (Å²) in [5, 5.41) is 24.5. The van der Waals surface area contributed by atoms with E-state index in [-0.39, 0.29) is 24.1 Å². The Morgan fingerprint density at radius 3 is 1.99 bits per heavy atom. The normalized spacial score (nSPS) is 18.8. The second-order valence-electron chi connectivity index (χ2n) is 21.9. The van der Waals surface area contributed by atoms with Gasteiger partial charge in [-0.1, -0.05) is 44.7 Å². The third kappa shape index (κ3) is 14.4. The topological polar surface area (TPSA) is 205 Å². The predicted octanol–water partition coefficient (Wildman–Crippen LogP) is 6.26. The SMILES string of the molecule is COC(=O)N[C@H](C(=O)NN(Cc1c(F)cc(-c2ccn(C3CC3)n2)cc1F)C[C@H](O)[C@H](Cc1ccc(C#Cc2ccc(N3C[C@@H](C)N(C4COC4)C[C@H]3C)nc2)cc1)NC(=O)[C@@H](NC(=O)OC)C(C)(C)C(F)(F)F)C(C)(C)C. The molecular formula is C55H69F5N10O8. The van der Waals surface area contributed by atoms with Crippen molar-refractivity contribution >= 4 is 29.8 Å². The van der Waals surface area contributed by atoms with E-state index >= 15 is 8.78 Å². The highest BCUT2D eigenvalue weighted by molar-refractivity contribution is 5.87. The number of aliphatic hydroxyl groups excluding tert-OH is 1. The Balaban J connectivity index is 1.16. The zero-order valence-electron chi connectivity index (χ0n) is 45.2. The van der Waals surface area contributed by atoms with Crippen LogP contribution >= 0.6 is 0 Å². The van der Waals surface area contributed by atoms with E-state index in [4.69, 9.17) is 14.5 Å². The van der Waals surface area contributed by atoms with Crippen molar-refractivity contribution in [3.8, 4) is 23.1 Å². The van der Waals surface area contributed by atoms with Crippen LogP contribution in [0.1, 0.15) is 89.6 Å². The van der Waals surface area contributed by atoms with Gasteiger partial charge in [0.05, 0.1) is 62.8 Å². The van der Waals surface area contributed by atoms with Crippen molar-refractivity contribution in [3.63, 3.8) is 0 Å². The Morgan fingerprint density at radius 2 is 1.44 bits per heavy atom. The largest absolute Gasteiger partial charge is 0.453 e. The van der Waals surface area contributed by atoms with Gasteiger partial charge >= 0.3 is 18.4 Å². The summed E-state index contributed by atoms with van der Waals surface area (Å²) < 4.78 is 92.7. The molecule has 78 heavy (non-hydrogen) atoms. The van der Waals surface area contributed by atoms with Gasteiger partial charge in [-0.3, -0.25) is 24.6 Å². The third-order valence-electron chi connectivity index (χ3n) is 14.4. The number of carbonyl (C=O) groups is 4. The number of alkyl carbamates (subject to hydrolysis) is 2. The molecule has 0 unspecified atom stereocenters. The Bertz CT molecular complexity index is 2800. The first-order valence-corrected chi connectivity index (χ1v) is 25.8. The number of pyridine rings is 1. The molecule has 0 radical (unpaired) electrons. The Kier molecular flexibility index (Phi) is 18.4. The lowest BCUT2D eigenvalue weighted by atomic mass is 9.82. The lowest BCUT2D eigenvalue weighted by Gasteiger charge is -2.49. The number of nitrogens with one attached hydrogen (secondary N) is 4. The van der Waals surface area contributed by atoms with Crippen LogP contribution in [0.4, 0.5) is 37.4 Å². The summed E-state index contributed by atoms with van der Waals surface area (Å²) in [6, 6.07) is 10.2. The molecule has 3 aliphatic rings. The van der Waals surface area contributed by atoms with Gasteiger partial charge in [-0.2, -0.15) is 18.3 Å². The molecule has 4 heterocycles. The molecule has 3 fully saturated rings. The lowest BCUT2D eigenvalue weighted by molar-refractivity contribution is -0.220. The van der Waals surface area contributed by atoms with Crippen molar-refractivity contribution in [2.24, 2.45) is 10.8 Å². The van der Waals surface area contributed by atoms with E-state index in [0.29, 0.717) is 48.3 Å². The van der Waals surface area contributed by atoms with E-state index in [1.807, 2.05) is 17.4 Å². The number of aliphatic hydroxyl groups is 1. The third-order valence-corrected chi connectivity index (χ3v) is 14.4. The fourth-order valence-electron chi connectivity index (χ4n) is 9.31. The summed E-state index contributed by atoms with van der Waals surface area (Å²) in [7, 11) is 2.00. The first kappa shape index (κ1) is 58.8. The minimum atomic E-state index is -5.05. The summed E-state index contributed by atoms with van der Waals surface area (Å²) in [5.74, 6) is 2.69. The molecule has 23 heteroatoms. The van der Waals surface area contributed by atoms with Crippen LogP contribution in [0.25, 0.3) is 11.3 Å². The average Bonchev–Trinajstić information content (AvgIpc) is 4.10. The number of benzene rings is 2. The van der Waals surface area contributed by atoms with Gasteiger partial charge in [0.15, 0.2) is 0 Å². The molecule has 0 spiro atoms. The summed E-state index contributed by atoms with van der Waals surface area (Å²) in [4.78, 5) is 62.7. The number of ether oxygens (including phenoxy) is 3. The van der Waals surface area contributed by atoms with Gasteiger partial charge in [-0.05, 0) is 100 Å². The number of rotatable bonds is 18. The van der Waals surface area contributed by atoms with E-state index in [2.05, 4.69) is 61.4 Å². The van der Waals surface area contributed by atoms with Gasteiger partial charge in [-0.15, -0.1) is 0 Å². The molecule has 422 valence electrons. The molecule has 5 N–H and O–H groups in total. The van der Waals surface area contributed by atoms with Gasteiger partial charge in [-0.25, -0.2) is 28.4 Å². The molecule has 2 aliphatic heterocycles. The maximum atomic E-state index is 16.2. The molecule has 0 bridgehead atoms. The number of carbonyl (C=O) groups excluding carboxylic acids is 4. The zero-order chi connectivity index (χ0) is 56.9. The number of halogens is 5. The van der Waals surface area contributed by atoms with Crippen LogP contribution in [0.15, 0.2) is 67.0 Å². The number of piperazine rings is 1. The minimum Gasteiger partial charge on any atom is -0.453 e. The number of hydrogen-bond donors (Lipinski definition) is 5. The first-order valence-electron chi connectivity index (χ1n) is 25.8. The molecule has 1 aliphatic carbocycles. The number of methoxy groups -OCH3 is 2. The van der Waals surface area contributed by atoms with E-state index in [9.17, 15) is 37.5 Å². The summed E-state index contributed by atoms with van der Waals surface area (Å²) in [6.45, 7) is 12.4.